The van der Waals surface area contributed by atoms with E-state index in [1.807, 2.05) is 0 Å². The van der Waals surface area contributed by atoms with Gasteiger partial charge < -0.3 is 88.6 Å². The van der Waals surface area contributed by atoms with Crippen LogP contribution in [0, 0.1) is 0 Å². The number of aliphatic hydroxyl groups is 7. The molecule has 3 heterocycles. The van der Waals surface area contributed by atoms with Crippen LogP contribution in [-0.2, 0) is 44.4 Å². The first-order valence-corrected chi connectivity index (χ1v) is 17.4. The number of rotatable bonds is 14. The van der Waals surface area contributed by atoms with E-state index in [0.29, 0.717) is 22.6 Å². The Kier molecular flexibility index (Phi) is 14.7. The van der Waals surface area contributed by atoms with Crippen molar-refractivity contribution in [3.63, 3.8) is 0 Å². The number of aromatic hydroxyl groups is 2. The molecule has 0 bridgehead atoms. The van der Waals surface area contributed by atoms with Gasteiger partial charge in [0.15, 0.2) is 48.0 Å². The monoisotopic (exact) mass is 784 g/mol. The van der Waals surface area contributed by atoms with Gasteiger partial charge in [-0.2, -0.15) is 0 Å². The van der Waals surface area contributed by atoms with Crippen molar-refractivity contribution in [2.75, 3.05) is 34.0 Å². The minimum absolute atomic E-state index is 0.117. The lowest BCUT2D eigenvalue weighted by molar-refractivity contribution is -0.381. The first kappa shape index (κ1) is 42.5. The quantitative estimate of drug-likeness (QED) is 0.0572. The highest BCUT2D eigenvalue weighted by Crippen LogP contribution is 2.34. The van der Waals surface area contributed by atoms with Crippen molar-refractivity contribution in [2.45, 2.75) is 99.4 Å². The molecule has 0 amide bonds. The largest absolute Gasteiger partial charge is 0.504 e. The van der Waals surface area contributed by atoms with Crippen molar-refractivity contribution in [3.05, 3.63) is 53.6 Å². The lowest BCUT2D eigenvalue weighted by Crippen LogP contribution is -2.66. The smallest absolute Gasteiger partial charge is 0.331 e. The molecule has 19 nitrogen and oxygen atoms in total. The van der Waals surface area contributed by atoms with E-state index in [9.17, 15) is 50.8 Å². The molecule has 5 rings (SSSR count). The number of carbonyl (C=O) groups is 1. The van der Waals surface area contributed by atoms with Crippen molar-refractivity contribution < 1.29 is 93.4 Å². The second-order valence-corrected chi connectivity index (χ2v) is 13.2. The minimum Gasteiger partial charge on any atom is -0.504 e. The molecule has 0 saturated carbocycles. The predicted octanol–water partition coefficient (Wildman–Crippen LogP) is -1.95. The maximum atomic E-state index is 13.3. The third-order valence-electron chi connectivity index (χ3n) is 9.40. The Hall–Kier alpha value is -3.67. The predicted molar refractivity (Wildman–Crippen MR) is 183 cm³/mol. The number of esters is 1. The number of phenolic OH excluding ortho intramolecular Hbond substituents is 2. The number of phenols is 2. The van der Waals surface area contributed by atoms with Crippen LogP contribution in [0.5, 0.6) is 23.0 Å². The number of ether oxygens (including phenoxy) is 9. The van der Waals surface area contributed by atoms with Crippen molar-refractivity contribution >= 4 is 12.0 Å². The molecule has 3 fully saturated rings. The van der Waals surface area contributed by atoms with E-state index in [1.165, 1.54) is 45.4 Å². The zero-order chi connectivity index (χ0) is 40.0. The van der Waals surface area contributed by atoms with Crippen LogP contribution in [0.15, 0.2) is 42.5 Å². The molecule has 14 atom stereocenters. The summed E-state index contributed by atoms with van der Waals surface area (Å²) >= 11 is 0. The molecule has 55 heavy (non-hydrogen) atoms. The van der Waals surface area contributed by atoms with Gasteiger partial charge >= 0.3 is 5.97 Å². The molecule has 3 aliphatic heterocycles. The van der Waals surface area contributed by atoms with Crippen LogP contribution in [0.4, 0.5) is 0 Å². The molecule has 3 aliphatic rings. The number of carbonyl (C=O) groups excluding carboxylic acids is 1. The molecular formula is C36H48O19. The molecular weight excluding hydrogens is 736 g/mol. The highest BCUT2D eigenvalue weighted by Gasteiger charge is 2.54. The Balaban J connectivity index is 1.40. The normalized spacial score (nSPS) is 35.4. The van der Waals surface area contributed by atoms with Crippen LogP contribution in [0.2, 0.25) is 0 Å². The fourth-order valence-corrected chi connectivity index (χ4v) is 6.25. The first-order valence-electron chi connectivity index (χ1n) is 17.4. The number of methoxy groups -OCH3 is 2. The number of hydrogen-bond donors (Lipinski definition) is 9. The van der Waals surface area contributed by atoms with Gasteiger partial charge in [0, 0.05) is 6.08 Å². The molecule has 0 spiro atoms. The van der Waals surface area contributed by atoms with Crippen molar-refractivity contribution in [1.29, 1.82) is 0 Å². The van der Waals surface area contributed by atoms with Crippen LogP contribution >= 0.6 is 0 Å². The summed E-state index contributed by atoms with van der Waals surface area (Å²) in [5, 5.41) is 93.9. The Morgan fingerprint density at radius 3 is 2.20 bits per heavy atom. The van der Waals surface area contributed by atoms with E-state index in [4.69, 9.17) is 42.6 Å². The van der Waals surface area contributed by atoms with E-state index in [2.05, 4.69) is 0 Å². The van der Waals surface area contributed by atoms with Crippen LogP contribution in [0.25, 0.3) is 6.08 Å². The Labute approximate surface area is 315 Å². The topological polar surface area (TPSA) is 282 Å². The highest BCUT2D eigenvalue weighted by molar-refractivity contribution is 5.87. The number of aliphatic hydroxyl groups excluding tert-OH is 7. The fraction of sp³-hybridized carbons (Fsp3) is 0.583. The summed E-state index contributed by atoms with van der Waals surface area (Å²) in [6, 6.07) is 9.03. The van der Waals surface area contributed by atoms with Gasteiger partial charge in [0.1, 0.15) is 54.9 Å². The van der Waals surface area contributed by atoms with Gasteiger partial charge in [-0.05, 0) is 54.8 Å². The van der Waals surface area contributed by atoms with Crippen molar-refractivity contribution in [1.82, 2.24) is 0 Å². The second kappa shape index (κ2) is 19.0. The Bertz CT molecular complexity index is 1590. The van der Waals surface area contributed by atoms with E-state index in [0.717, 1.165) is 6.08 Å². The van der Waals surface area contributed by atoms with E-state index < -0.39 is 105 Å². The summed E-state index contributed by atoms with van der Waals surface area (Å²) in [6.07, 6.45) is -19.7. The number of hydrogen-bond acceptors (Lipinski definition) is 19. The van der Waals surface area contributed by atoms with Crippen molar-refractivity contribution in [2.24, 2.45) is 0 Å². The number of benzene rings is 2. The summed E-state index contributed by atoms with van der Waals surface area (Å²) in [6.45, 7) is 0.0631. The first-order chi connectivity index (χ1) is 26.3. The molecule has 0 aromatic heterocycles. The molecule has 306 valence electrons. The third kappa shape index (κ3) is 10.0. The summed E-state index contributed by atoms with van der Waals surface area (Å²) in [5.41, 5.74) is 1.08. The molecule has 0 aliphatic carbocycles. The van der Waals surface area contributed by atoms with Gasteiger partial charge in [0.05, 0.1) is 40.1 Å². The average molecular weight is 785 g/mol. The molecule has 2 aromatic carbocycles. The maximum Gasteiger partial charge on any atom is 0.331 e. The highest BCUT2D eigenvalue weighted by atomic mass is 16.8. The summed E-state index contributed by atoms with van der Waals surface area (Å²) in [5.74, 6) is -0.782. The van der Waals surface area contributed by atoms with Crippen LogP contribution in [0.1, 0.15) is 18.1 Å². The fourth-order valence-electron chi connectivity index (χ4n) is 6.25. The molecule has 0 unspecified atom stereocenters. The Morgan fingerprint density at radius 1 is 0.782 bits per heavy atom. The van der Waals surface area contributed by atoms with E-state index in [1.54, 1.807) is 18.2 Å². The summed E-state index contributed by atoms with van der Waals surface area (Å²) in [7, 11) is 2.92. The zero-order valence-electron chi connectivity index (χ0n) is 30.1. The van der Waals surface area contributed by atoms with Gasteiger partial charge in [-0.15, -0.1) is 0 Å². The Morgan fingerprint density at radius 2 is 1.51 bits per heavy atom. The van der Waals surface area contributed by atoms with Crippen LogP contribution in [-0.4, -0.2) is 172 Å². The minimum atomic E-state index is -1.81. The van der Waals surface area contributed by atoms with E-state index >= 15 is 0 Å². The lowest BCUT2D eigenvalue weighted by Gasteiger charge is -2.48. The molecule has 3 saturated heterocycles. The van der Waals surface area contributed by atoms with Gasteiger partial charge in [0.25, 0.3) is 0 Å². The lowest BCUT2D eigenvalue weighted by atomic mass is 9.96. The maximum absolute atomic E-state index is 13.3. The van der Waals surface area contributed by atoms with Crippen molar-refractivity contribution in [3.8, 4) is 23.0 Å². The molecule has 0 radical (unpaired) electrons. The van der Waals surface area contributed by atoms with Gasteiger partial charge in [-0.3, -0.25) is 0 Å². The van der Waals surface area contributed by atoms with Gasteiger partial charge in [0.2, 0.25) is 0 Å². The molecule has 2 aromatic rings. The zero-order valence-corrected chi connectivity index (χ0v) is 30.1. The van der Waals surface area contributed by atoms with E-state index in [-0.39, 0.29) is 24.5 Å². The molecule has 19 heteroatoms. The summed E-state index contributed by atoms with van der Waals surface area (Å²) in [4.78, 5) is 13.3. The standard InChI is InChI=1S/C36H48O19/c1-16-26(42)28(44)33(55-34-29(45)27(43)21(40)15-50-34)36(51-16)54-32-30(46)35(49-11-10-18-4-7-19(38)20(39)12-18)52-24(14-37)31(32)53-25(41)9-6-17-5-8-22(47-2)23(13-17)48-3/h4-9,12-13,16,21,24,26-40,42-46H,10-11,14-15H2,1-3H3/b9-6+/t16-,21-,24+,26-,27+,28+,29+,30+,31+,32+,33+,34-,35+,36-/m0/s1. The van der Waals surface area contributed by atoms with Crippen LogP contribution < -0.4 is 9.47 Å². The SMILES string of the molecule is COc1ccc(/C=C/C(=O)O[C@H]2[C@H](O[C@@H]3O[C@@H](C)[C@H](O)[C@@H](O)[C@H]3O[C@@H]3OC[C@H](O)[C@@H](O)[C@H]3O)[C@@H](O)[C@H](OCCc3ccc(O)c(O)c3)O[C@@H]2CO)cc1OC. The molecule has 9 N–H and O–H groups in total. The third-order valence-corrected chi connectivity index (χ3v) is 9.40. The van der Waals surface area contributed by atoms with Crippen LogP contribution in [0.3, 0.4) is 0 Å². The van der Waals surface area contributed by atoms with Gasteiger partial charge in [-0.1, -0.05) is 12.1 Å². The average Bonchev–Trinajstić information content (AvgIpc) is 3.17. The second-order valence-electron chi connectivity index (χ2n) is 13.2. The summed E-state index contributed by atoms with van der Waals surface area (Å²) < 4.78 is 51.0. The van der Waals surface area contributed by atoms with Gasteiger partial charge in [-0.25, -0.2) is 4.79 Å².